The van der Waals surface area contributed by atoms with Gasteiger partial charge in [-0.2, -0.15) is 0 Å². The van der Waals surface area contributed by atoms with Gasteiger partial charge in [0.15, 0.2) is 0 Å². The van der Waals surface area contributed by atoms with E-state index in [1.165, 1.54) is 6.33 Å². The van der Waals surface area contributed by atoms with Crippen molar-refractivity contribution in [2.75, 3.05) is 43.4 Å². The summed E-state index contributed by atoms with van der Waals surface area (Å²) in [6, 6.07) is 0. The Bertz CT molecular complexity index is 498. The van der Waals surface area contributed by atoms with Crippen molar-refractivity contribution < 1.29 is 9.53 Å². The summed E-state index contributed by atoms with van der Waals surface area (Å²) in [6.45, 7) is 9.05. The molecule has 0 unspecified atom stereocenters. The Morgan fingerprint density at radius 3 is 2.57 bits per heavy atom. The molecule has 2 heterocycles. The van der Waals surface area contributed by atoms with Gasteiger partial charge in [0.25, 0.3) is 0 Å². The van der Waals surface area contributed by atoms with Crippen molar-refractivity contribution in [1.82, 2.24) is 14.9 Å². The summed E-state index contributed by atoms with van der Waals surface area (Å²) in [4.78, 5) is 24.1. The van der Waals surface area contributed by atoms with Crippen molar-refractivity contribution in [3.63, 3.8) is 0 Å². The second-order valence-corrected chi connectivity index (χ2v) is 5.32. The Hall–Kier alpha value is -2.05. The molecule has 0 aliphatic carbocycles. The molecule has 2 rings (SSSR count). The number of hydrogen-bond acceptors (Lipinski definition) is 6. The highest BCUT2D eigenvalue weighted by molar-refractivity contribution is 5.68. The van der Waals surface area contributed by atoms with E-state index in [4.69, 9.17) is 10.5 Å². The highest BCUT2D eigenvalue weighted by Gasteiger charge is 2.25. The molecule has 116 valence electrons. The second kappa shape index (κ2) is 6.60. The fourth-order valence-corrected chi connectivity index (χ4v) is 2.52. The third-order valence-corrected chi connectivity index (χ3v) is 3.58. The van der Waals surface area contributed by atoms with Crippen LogP contribution in [0.5, 0.6) is 0 Å². The Labute approximate surface area is 125 Å². The van der Waals surface area contributed by atoms with Crippen LogP contribution in [0.3, 0.4) is 0 Å². The maximum absolute atomic E-state index is 11.7. The molecule has 0 atom stereocenters. The average Bonchev–Trinajstić information content (AvgIpc) is 2.47. The van der Waals surface area contributed by atoms with Gasteiger partial charge in [0.05, 0.1) is 6.61 Å². The van der Waals surface area contributed by atoms with Gasteiger partial charge in [0.2, 0.25) is 0 Å². The first-order valence-electron chi connectivity index (χ1n) is 7.31. The number of anilines is 2. The number of rotatable bonds is 3. The molecule has 1 aromatic heterocycles. The average molecular weight is 293 g/mol. The molecule has 0 spiro atoms. The lowest BCUT2D eigenvalue weighted by atomic mass is 10.0. The zero-order valence-corrected chi connectivity index (χ0v) is 12.9. The number of carbonyl (C=O) groups excluding carboxylic acids is 1. The Morgan fingerprint density at radius 1 is 1.33 bits per heavy atom. The number of nitrogen functional groups attached to an aromatic ring is 1. The summed E-state index contributed by atoms with van der Waals surface area (Å²) in [7, 11) is 0. The van der Waals surface area contributed by atoms with E-state index in [1.807, 2.05) is 6.92 Å². The molecular weight excluding hydrogens is 270 g/mol. The van der Waals surface area contributed by atoms with E-state index in [9.17, 15) is 4.79 Å². The Morgan fingerprint density at radius 2 is 2.00 bits per heavy atom. The number of nitrogens with zero attached hydrogens (tertiary/aromatic N) is 4. The van der Waals surface area contributed by atoms with E-state index >= 15 is 0 Å². The maximum atomic E-state index is 11.7. The summed E-state index contributed by atoms with van der Waals surface area (Å²) in [6.07, 6.45) is 1.25. The molecule has 2 N–H and O–H groups in total. The largest absolute Gasteiger partial charge is 0.450 e. The van der Waals surface area contributed by atoms with Crippen LogP contribution in [0.15, 0.2) is 6.33 Å². The summed E-state index contributed by atoms with van der Waals surface area (Å²) in [5, 5.41) is 0. The first-order valence-corrected chi connectivity index (χ1v) is 7.31. The molecule has 1 fully saturated rings. The number of carbonyl (C=O) groups is 1. The maximum Gasteiger partial charge on any atom is 0.409 e. The first-order chi connectivity index (χ1) is 10.0. The molecule has 0 saturated carbocycles. The third kappa shape index (κ3) is 3.34. The van der Waals surface area contributed by atoms with E-state index in [-0.39, 0.29) is 12.0 Å². The molecule has 0 bridgehead atoms. The van der Waals surface area contributed by atoms with Crippen LogP contribution in [0.25, 0.3) is 0 Å². The molecule has 7 nitrogen and oxygen atoms in total. The summed E-state index contributed by atoms with van der Waals surface area (Å²) in [5.41, 5.74) is 6.96. The van der Waals surface area contributed by atoms with Gasteiger partial charge in [-0.15, -0.1) is 0 Å². The van der Waals surface area contributed by atoms with Gasteiger partial charge in [-0.05, 0) is 12.8 Å². The van der Waals surface area contributed by atoms with Crippen LogP contribution in [0.4, 0.5) is 16.4 Å². The summed E-state index contributed by atoms with van der Waals surface area (Å²) in [5.74, 6) is 1.66. The van der Waals surface area contributed by atoms with Crippen molar-refractivity contribution in [2.45, 2.75) is 26.7 Å². The van der Waals surface area contributed by atoms with Gasteiger partial charge >= 0.3 is 6.09 Å². The highest BCUT2D eigenvalue weighted by atomic mass is 16.6. The van der Waals surface area contributed by atoms with Gasteiger partial charge in [-0.3, -0.25) is 0 Å². The lowest BCUT2D eigenvalue weighted by Crippen LogP contribution is -2.49. The lowest BCUT2D eigenvalue weighted by Gasteiger charge is -2.36. The van der Waals surface area contributed by atoms with Crippen molar-refractivity contribution in [2.24, 2.45) is 0 Å². The van der Waals surface area contributed by atoms with Gasteiger partial charge in [-0.25, -0.2) is 14.8 Å². The smallest absolute Gasteiger partial charge is 0.409 e. The zero-order chi connectivity index (χ0) is 15.4. The Balaban J connectivity index is 2.09. The predicted molar refractivity (Wildman–Crippen MR) is 81.3 cm³/mol. The Kier molecular flexibility index (Phi) is 4.82. The number of piperazine rings is 1. The van der Waals surface area contributed by atoms with Crippen LogP contribution < -0.4 is 10.6 Å². The lowest BCUT2D eigenvalue weighted by molar-refractivity contribution is 0.105. The topological polar surface area (TPSA) is 84.6 Å². The van der Waals surface area contributed by atoms with Crippen LogP contribution in [0.1, 0.15) is 32.3 Å². The standard InChI is InChI=1S/C14H23N5O2/c1-4-21-14(20)19-7-5-18(6-8-19)13-11(10(2)3)12(15)16-9-17-13/h9-10H,4-8H2,1-3H3,(H2,15,16,17). The van der Waals surface area contributed by atoms with Crippen LogP contribution in [0.2, 0.25) is 0 Å². The van der Waals surface area contributed by atoms with E-state index in [0.29, 0.717) is 25.5 Å². The molecule has 7 heteroatoms. The molecule has 0 radical (unpaired) electrons. The fourth-order valence-electron chi connectivity index (χ4n) is 2.52. The van der Waals surface area contributed by atoms with Gasteiger partial charge < -0.3 is 20.3 Å². The van der Waals surface area contributed by atoms with Gasteiger partial charge in [0.1, 0.15) is 18.0 Å². The monoisotopic (exact) mass is 293 g/mol. The molecule has 21 heavy (non-hydrogen) atoms. The zero-order valence-electron chi connectivity index (χ0n) is 12.9. The normalized spacial score (nSPS) is 15.4. The molecule has 1 aliphatic rings. The fraction of sp³-hybridized carbons (Fsp3) is 0.643. The van der Waals surface area contributed by atoms with Crippen molar-refractivity contribution >= 4 is 17.7 Å². The van der Waals surface area contributed by atoms with Crippen LogP contribution in [0, 0.1) is 0 Å². The van der Waals surface area contributed by atoms with E-state index in [2.05, 4.69) is 28.7 Å². The molecule has 1 saturated heterocycles. The van der Waals surface area contributed by atoms with E-state index in [1.54, 1.807) is 4.90 Å². The second-order valence-electron chi connectivity index (χ2n) is 5.32. The number of aromatic nitrogens is 2. The highest BCUT2D eigenvalue weighted by Crippen LogP contribution is 2.29. The number of hydrogen-bond donors (Lipinski definition) is 1. The SMILES string of the molecule is CCOC(=O)N1CCN(c2ncnc(N)c2C(C)C)CC1. The minimum atomic E-state index is -0.247. The first kappa shape index (κ1) is 15.3. The number of nitrogens with two attached hydrogens (primary N) is 1. The van der Waals surface area contributed by atoms with Crippen LogP contribution >= 0.6 is 0 Å². The minimum absolute atomic E-state index is 0.247. The summed E-state index contributed by atoms with van der Waals surface area (Å²) < 4.78 is 5.03. The van der Waals surface area contributed by atoms with Crippen molar-refractivity contribution in [3.8, 4) is 0 Å². The van der Waals surface area contributed by atoms with Crippen molar-refractivity contribution in [1.29, 1.82) is 0 Å². The van der Waals surface area contributed by atoms with Crippen LogP contribution in [-0.2, 0) is 4.74 Å². The third-order valence-electron chi connectivity index (χ3n) is 3.58. The molecular formula is C14H23N5O2. The van der Waals surface area contributed by atoms with Gasteiger partial charge in [-0.1, -0.05) is 13.8 Å². The number of amides is 1. The molecule has 1 aliphatic heterocycles. The van der Waals surface area contributed by atoms with Gasteiger partial charge in [0, 0.05) is 31.7 Å². The minimum Gasteiger partial charge on any atom is -0.450 e. The van der Waals surface area contributed by atoms with E-state index in [0.717, 1.165) is 24.5 Å². The molecule has 1 amide bonds. The van der Waals surface area contributed by atoms with Crippen LogP contribution in [-0.4, -0.2) is 53.7 Å². The molecule has 1 aromatic rings. The van der Waals surface area contributed by atoms with Crippen molar-refractivity contribution in [3.05, 3.63) is 11.9 Å². The predicted octanol–water partition coefficient (Wildman–Crippen LogP) is 1.46. The molecule has 0 aromatic carbocycles. The quantitative estimate of drug-likeness (QED) is 0.908. The number of ether oxygens (including phenoxy) is 1. The summed E-state index contributed by atoms with van der Waals surface area (Å²) >= 11 is 0. The van der Waals surface area contributed by atoms with E-state index < -0.39 is 0 Å².